The Hall–Kier alpha value is -2.83. The third-order valence-corrected chi connectivity index (χ3v) is 7.59. The van der Waals surface area contributed by atoms with Crippen molar-refractivity contribution in [1.82, 2.24) is 14.5 Å². The van der Waals surface area contributed by atoms with Gasteiger partial charge in [-0.3, -0.25) is 4.79 Å². The van der Waals surface area contributed by atoms with Crippen LogP contribution in [0.3, 0.4) is 0 Å². The smallest absolute Gasteiger partial charge is 0.289 e. The molecule has 178 valence electrons. The molecule has 1 aromatic carbocycles. The van der Waals surface area contributed by atoms with E-state index in [1.807, 2.05) is 73.8 Å². The molecular weight excluding hydrogens is 450 g/mol. The fourth-order valence-corrected chi connectivity index (χ4v) is 5.51. The Labute approximate surface area is 205 Å². The van der Waals surface area contributed by atoms with Gasteiger partial charge in [-0.05, 0) is 69.0 Å². The van der Waals surface area contributed by atoms with Crippen LogP contribution in [0, 0.1) is 6.92 Å². The van der Waals surface area contributed by atoms with Crippen molar-refractivity contribution in [2.45, 2.75) is 63.4 Å². The Morgan fingerprint density at radius 2 is 2.03 bits per heavy atom. The van der Waals surface area contributed by atoms with E-state index in [2.05, 4.69) is 22.6 Å². The number of methoxy groups -OCH3 is 1. The van der Waals surface area contributed by atoms with Crippen LogP contribution < -0.4 is 0 Å². The number of benzene rings is 1. The van der Waals surface area contributed by atoms with E-state index in [9.17, 15) is 4.79 Å². The number of fused-ring (bicyclic) bond motifs is 1. The monoisotopic (exact) mass is 479 g/mol. The third-order valence-electron chi connectivity index (χ3n) is 7.34. The molecule has 0 saturated carbocycles. The second-order valence-corrected chi connectivity index (χ2v) is 10.00. The molecule has 0 spiro atoms. The highest BCUT2D eigenvalue weighted by molar-refractivity contribution is 6.30. The van der Waals surface area contributed by atoms with Crippen molar-refractivity contribution < 1.29 is 14.3 Å². The van der Waals surface area contributed by atoms with Crippen molar-refractivity contribution in [2.24, 2.45) is 0 Å². The standard InChI is InChI=1S/C27H30ClN3O3/c1-17-15-30(16-29-17)27(3)12-11-19(14-25(27)33-4)13-24-26(32)31-22(18(2)34-24)9-10-23(31)20-5-7-21(28)8-6-20/h5-8,11-16,18,22-23,25H,9-10H2,1-4H3/b24-13-/t18-,22-,23+,25?,27?/m1/s1. The molecule has 0 bridgehead atoms. The van der Waals surface area contributed by atoms with Gasteiger partial charge in [0.25, 0.3) is 5.91 Å². The van der Waals surface area contributed by atoms with E-state index in [1.54, 1.807) is 7.11 Å². The number of allylic oxidation sites excluding steroid dienone is 3. The van der Waals surface area contributed by atoms with Crippen LogP contribution in [0.1, 0.15) is 44.0 Å². The SMILES string of the molecule is COC1C=C(/C=C2\O[C@H](C)[C@H]3CC[C@@H](c4ccc(Cl)cc4)N3C2=O)C=CC1(C)n1cnc(C)c1. The van der Waals surface area contributed by atoms with Crippen LogP contribution in [-0.2, 0) is 19.8 Å². The van der Waals surface area contributed by atoms with E-state index in [0.717, 1.165) is 29.7 Å². The minimum Gasteiger partial charge on any atom is -0.483 e. The predicted molar refractivity (Wildman–Crippen MR) is 131 cm³/mol. The average molecular weight is 480 g/mol. The number of hydrogen-bond donors (Lipinski definition) is 0. The lowest BCUT2D eigenvalue weighted by Crippen LogP contribution is -2.49. The second kappa shape index (κ2) is 8.75. The summed E-state index contributed by atoms with van der Waals surface area (Å²) in [7, 11) is 1.70. The van der Waals surface area contributed by atoms with Crippen LogP contribution in [0.15, 0.2) is 72.4 Å². The van der Waals surface area contributed by atoms with Gasteiger partial charge in [-0.15, -0.1) is 0 Å². The Morgan fingerprint density at radius 3 is 2.71 bits per heavy atom. The van der Waals surface area contributed by atoms with Crippen molar-refractivity contribution in [3.05, 3.63) is 88.7 Å². The maximum absolute atomic E-state index is 13.6. The molecule has 2 unspecified atom stereocenters. The Balaban J connectivity index is 1.43. The van der Waals surface area contributed by atoms with E-state index in [0.29, 0.717) is 10.8 Å². The topological polar surface area (TPSA) is 56.6 Å². The van der Waals surface area contributed by atoms with Crippen molar-refractivity contribution in [2.75, 3.05) is 7.11 Å². The molecule has 5 atom stereocenters. The lowest BCUT2D eigenvalue weighted by atomic mass is 9.87. The quantitative estimate of drug-likeness (QED) is 0.572. The Morgan fingerprint density at radius 1 is 1.26 bits per heavy atom. The summed E-state index contributed by atoms with van der Waals surface area (Å²) < 4.78 is 14.0. The van der Waals surface area contributed by atoms with Crippen LogP contribution in [0.5, 0.6) is 0 Å². The fourth-order valence-electron chi connectivity index (χ4n) is 5.39. The first-order chi connectivity index (χ1) is 16.3. The van der Waals surface area contributed by atoms with Gasteiger partial charge in [0.05, 0.1) is 29.6 Å². The van der Waals surface area contributed by atoms with Crippen molar-refractivity contribution >= 4 is 17.5 Å². The number of ether oxygens (including phenoxy) is 2. The third kappa shape index (κ3) is 3.89. The summed E-state index contributed by atoms with van der Waals surface area (Å²) in [6, 6.07) is 7.90. The predicted octanol–water partition coefficient (Wildman–Crippen LogP) is 5.11. The largest absolute Gasteiger partial charge is 0.483 e. The number of aromatic nitrogens is 2. The highest BCUT2D eigenvalue weighted by Gasteiger charge is 2.46. The number of imidazole rings is 1. The first kappa shape index (κ1) is 22.9. The van der Waals surface area contributed by atoms with Crippen LogP contribution in [0.4, 0.5) is 0 Å². The summed E-state index contributed by atoms with van der Waals surface area (Å²) >= 11 is 6.09. The molecule has 2 fully saturated rings. The second-order valence-electron chi connectivity index (χ2n) is 9.56. The highest BCUT2D eigenvalue weighted by atomic mass is 35.5. The molecule has 3 aliphatic rings. The minimum absolute atomic E-state index is 0.0277. The van der Waals surface area contributed by atoms with Crippen molar-refractivity contribution in [3.8, 4) is 0 Å². The van der Waals surface area contributed by atoms with E-state index in [4.69, 9.17) is 21.1 Å². The molecule has 2 saturated heterocycles. The van der Waals surface area contributed by atoms with Gasteiger partial charge in [0, 0.05) is 18.3 Å². The van der Waals surface area contributed by atoms with Gasteiger partial charge in [0.1, 0.15) is 12.2 Å². The van der Waals surface area contributed by atoms with E-state index < -0.39 is 5.54 Å². The molecule has 3 heterocycles. The maximum Gasteiger partial charge on any atom is 0.289 e. The molecule has 6 nitrogen and oxygen atoms in total. The summed E-state index contributed by atoms with van der Waals surface area (Å²) in [4.78, 5) is 20.0. The summed E-state index contributed by atoms with van der Waals surface area (Å²) in [5.41, 5.74) is 2.53. The molecule has 1 aliphatic carbocycles. The summed E-state index contributed by atoms with van der Waals surface area (Å²) in [5, 5.41) is 0.696. The molecular formula is C27H30ClN3O3. The molecule has 0 N–H and O–H groups in total. The number of halogens is 1. The summed E-state index contributed by atoms with van der Waals surface area (Å²) in [6.45, 7) is 6.12. The fraction of sp³-hybridized carbons (Fsp3) is 0.407. The number of rotatable bonds is 4. The number of amides is 1. The van der Waals surface area contributed by atoms with Gasteiger partial charge in [0.2, 0.25) is 0 Å². The molecule has 34 heavy (non-hydrogen) atoms. The van der Waals surface area contributed by atoms with Crippen molar-refractivity contribution in [3.63, 3.8) is 0 Å². The van der Waals surface area contributed by atoms with Crippen LogP contribution in [-0.4, -0.2) is 45.7 Å². The zero-order chi connectivity index (χ0) is 24.0. The van der Waals surface area contributed by atoms with E-state index in [-0.39, 0.29) is 30.2 Å². The lowest BCUT2D eigenvalue weighted by Gasteiger charge is -2.39. The number of carbonyl (C=O) groups is 1. The first-order valence-corrected chi connectivity index (χ1v) is 12.1. The molecule has 2 aromatic rings. The highest BCUT2D eigenvalue weighted by Crippen LogP contribution is 2.42. The van der Waals surface area contributed by atoms with Crippen LogP contribution in [0.2, 0.25) is 5.02 Å². The van der Waals surface area contributed by atoms with Crippen LogP contribution >= 0.6 is 11.6 Å². The molecule has 2 aliphatic heterocycles. The minimum atomic E-state index is -0.414. The first-order valence-electron chi connectivity index (χ1n) is 11.7. The van der Waals surface area contributed by atoms with Gasteiger partial charge < -0.3 is 18.9 Å². The molecule has 5 rings (SSSR count). The Bertz CT molecular complexity index is 1180. The summed E-state index contributed by atoms with van der Waals surface area (Å²) in [5.74, 6) is 0.305. The molecule has 1 amide bonds. The zero-order valence-electron chi connectivity index (χ0n) is 19.9. The normalized spacial score (nSPS) is 32.0. The number of morpholine rings is 1. The van der Waals surface area contributed by atoms with Gasteiger partial charge in [0.15, 0.2) is 5.76 Å². The summed E-state index contributed by atoms with van der Waals surface area (Å²) in [6.07, 6.45) is 13.4. The maximum atomic E-state index is 13.6. The van der Waals surface area contributed by atoms with Gasteiger partial charge in [-0.25, -0.2) is 4.98 Å². The number of carbonyl (C=O) groups excluding carboxylic acids is 1. The zero-order valence-corrected chi connectivity index (χ0v) is 20.7. The Kier molecular flexibility index (Phi) is 5.90. The molecule has 7 heteroatoms. The van der Waals surface area contributed by atoms with E-state index in [1.165, 1.54) is 0 Å². The number of nitrogens with zero attached hydrogens (tertiary/aromatic N) is 3. The van der Waals surface area contributed by atoms with E-state index >= 15 is 0 Å². The average Bonchev–Trinajstić information content (AvgIpc) is 3.46. The van der Waals surface area contributed by atoms with Gasteiger partial charge in [-0.2, -0.15) is 0 Å². The number of aryl methyl sites for hydroxylation is 1. The van der Waals surface area contributed by atoms with Gasteiger partial charge in [-0.1, -0.05) is 35.9 Å². The lowest BCUT2D eigenvalue weighted by molar-refractivity contribution is -0.145. The number of hydrogen-bond acceptors (Lipinski definition) is 4. The van der Waals surface area contributed by atoms with Crippen LogP contribution in [0.25, 0.3) is 0 Å². The molecule has 1 aromatic heterocycles. The van der Waals surface area contributed by atoms with Crippen molar-refractivity contribution in [1.29, 1.82) is 0 Å². The molecule has 0 radical (unpaired) electrons. The van der Waals surface area contributed by atoms with Gasteiger partial charge >= 0.3 is 0 Å².